The smallest absolute Gasteiger partial charge is 0.273 e. The van der Waals surface area contributed by atoms with Gasteiger partial charge in [-0.2, -0.15) is 10.2 Å². The van der Waals surface area contributed by atoms with Gasteiger partial charge in [-0.15, -0.1) is 0 Å². The molecule has 0 fully saturated rings. The van der Waals surface area contributed by atoms with Crippen LogP contribution in [-0.2, 0) is 6.54 Å². The lowest BCUT2D eigenvalue weighted by atomic mass is 10.1. The van der Waals surface area contributed by atoms with Crippen molar-refractivity contribution < 1.29 is 9.53 Å². The van der Waals surface area contributed by atoms with E-state index in [0.29, 0.717) is 28.6 Å². The number of rotatable bonds is 6. The Kier molecular flexibility index (Phi) is 5.31. The number of benzene rings is 2. The minimum Gasteiger partial charge on any atom is -0.497 e. The maximum absolute atomic E-state index is 12.5. The fourth-order valence-electron chi connectivity index (χ4n) is 2.90. The molecule has 0 atom stereocenters. The van der Waals surface area contributed by atoms with Crippen molar-refractivity contribution in [2.75, 3.05) is 12.4 Å². The van der Waals surface area contributed by atoms with Gasteiger partial charge in [-0.05, 0) is 35.9 Å². The van der Waals surface area contributed by atoms with E-state index < -0.39 is 0 Å². The average molecular weight is 408 g/mol. The molecule has 4 aromatic rings. The first-order valence-corrected chi connectivity index (χ1v) is 9.26. The Bertz CT molecular complexity index is 1150. The summed E-state index contributed by atoms with van der Waals surface area (Å²) in [6.45, 7) is 0.556. The van der Waals surface area contributed by atoms with Gasteiger partial charge in [0.05, 0.1) is 31.2 Å². The molecule has 8 heteroatoms. The highest BCUT2D eigenvalue weighted by atomic mass is 35.5. The van der Waals surface area contributed by atoms with Crippen LogP contribution in [0.3, 0.4) is 0 Å². The molecule has 0 aliphatic heterocycles. The van der Waals surface area contributed by atoms with Crippen LogP contribution in [0.25, 0.3) is 11.3 Å². The van der Waals surface area contributed by atoms with Gasteiger partial charge in [0, 0.05) is 16.8 Å². The van der Waals surface area contributed by atoms with Crippen molar-refractivity contribution in [2.24, 2.45) is 0 Å². The molecule has 0 unspecified atom stereocenters. The number of carbonyl (C=O) groups is 1. The molecule has 0 spiro atoms. The number of H-pyrrole nitrogens is 1. The van der Waals surface area contributed by atoms with Crippen molar-refractivity contribution >= 4 is 23.2 Å². The number of nitrogens with zero attached hydrogens (tertiary/aromatic N) is 3. The molecule has 29 heavy (non-hydrogen) atoms. The summed E-state index contributed by atoms with van der Waals surface area (Å²) in [5, 5.41) is 14.8. The van der Waals surface area contributed by atoms with E-state index in [4.69, 9.17) is 16.3 Å². The Hall–Kier alpha value is -3.58. The number of aromatic nitrogens is 4. The Labute approximate surface area is 172 Å². The lowest BCUT2D eigenvalue weighted by molar-refractivity contribution is 0.102. The predicted molar refractivity (Wildman–Crippen MR) is 111 cm³/mol. The van der Waals surface area contributed by atoms with Crippen LogP contribution in [0, 0.1) is 0 Å². The summed E-state index contributed by atoms with van der Waals surface area (Å²) in [5.41, 5.74) is 3.48. The first-order chi connectivity index (χ1) is 14.1. The quantitative estimate of drug-likeness (QED) is 0.500. The summed E-state index contributed by atoms with van der Waals surface area (Å²) in [5.74, 6) is 0.428. The zero-order valence-corrected chi connectivity index (χ0v) is 16.3. The first kappa shape index (κ1) is 18.8. The molecule has 0 bridgehead atoms. The number of amides is 1. The highest BCUT2D eigenvalue weighted by molar-refractivity contribution is 6.30. The van der Waals surface area contributed by atoms with Crippen LogP contribution < -0.4 is 10.1 Å². The molecule has 0 saturated carbocycles. The fourth-order valence-corrected chi connectivity index (χ4v) is 3.12. The van der Waals surface area contributed by atoms with Gasteiger partial charge in [0.25, 0.3) is 5.91 Å². The monoisotopic (exact) mass is 407 g/mol. The number of methoxy groups -OCH3 is 1. The van der Waals surface area contributed by atoms with Gasteiger partial charge in [0.2, 0.25) is 0 Å². The molecule has 2 aromatic heterocycles. The second-order valence-electron chi connectivity index (χ2n) is 6.41. The molecule has 7 nitrogen and oxygen atoms in total. The van der Waals surface area contributed by atoms with E-state index in [9.17, 15) is 4.79 Å². The zero-order chi connectivity index (χ0) is 20.2. The van der Waals surface area contributed by atoms with Gasteiger partial charge < -0.3 is 10.1 Å². The fraction of sp³-hybridized carbons (Fsp3) is 0.0952. The third kappa shape index (κ3) is 4.47. The highest BCUT2D eigenvalue weighted by Gasteiger charge is 2.13. The number of halogens is 1. The van der Waals surface area contributed by atoms with Crippen LogP contribution in [0.5, 0.6) is 5.75 Å². The maximum Gasteiger partial charge on any atom is 0.273 e. The summed E-state index contributed by atoms with van der Waals surface area (Å²) in [4.78, 5) is 12.5. The summed E-state index contributed by atoms with van der Waals surface area (Å²) >= 11 is 6.01. The van der Waals surface area contributed by atoms with Gasteiger partial charge in [-0.25, -0.2) is 0 Å². The topological polar surface area (TPSA) is 84.8 Å². The highest BCUT2D eigenvalue weighted by Crippen LogP contribution is 2.23. The standard InChI is InChI=1S/C21H18ClN5O2/c1-29-18-7-3-5-15(9-18)19-10-20(26-25-19)21(28)24-17-11-23-27(13-17)12-14-4-2-6-16(22)8-14/h2-11,13H,12H2,1H3,(H,24,28)(H,25,26). The van der Waals surface area contributed by atoms with Gasteiger partial charge in [-0.1, -0.05) is 35.9 Å². The molecule has 4 rings (SSSR count). The number of carbonyl (C=O) groups excluding carboxylic acids is 1. The molecule has 2 aromatic carbocycles. The van der Waals surface area contributed by atoms with E-state index in [0.717, 1.165) is 16.9 Å². The number of hydrogen-bond acceptors (Lipinski definition) is 4. The van der Waals surface area contributed by atoms with Crippen LogP contribution in [0.1, 0.15) is 16.1 Å². The van der Waals surface area contributed by atoms with Gasteiger partial charge in [0.15, 0.2) is 0 Å². The Balaban J connectivity index is 1.43. The van der Waals surface area contributed by atoms with Gasteiger partial charge >= 0.3 is 0 Å². The number of anilines is 1. The maximum atomic E-state index is 12.5. The molecular weight excluding hydrogens is 390 g/mol. The summed E-state index contributed by atoms with van der Waals surface area (Å²) < 4.78 is 6.96. The third-order valence-corrected chi connectivity index (χ3v) is 4.55. The van der Waals surface area contributed by atoms with E-state index >= 15 is 0 Å². The molecule has 1 amide bonds. The minimum absolute atomic E-state index is 0.297. The van der Waals surface area contributed by atoms with E-state index in [-0.39, 0.29) is 5.91 Å². The predicted octanol–water partition coefficient (Wildman–Crippen LogP) is 4.24. The molecule has 0 radical (unpaired) electrons. The third-order valence-electron chi connectivity index (χ3n) is 4.31. The van der Waals surface area contributed by atoms with Gasteiger partial charge in [0.1, 0.15) is 11.4 Å². The Morgan fingerprint density at radius 2 is 2.07 bits per heavy atom. The molecule has 0 aliphatic rings. The van der Waals surface area contributed by atoms with Crippen LogP contribution in [-0.4, -0.2) is 33.0 Å². The number of nitrogens with one attached hydrogen (secondary N) is 2. The number of hydrogen-bond donors (Lipinski definition) is 2. The Morgan fingerprint density at radius 1 is 1.21 bits per heavy atom. The first-order valence-electron chi connectivity index (χ1n) is 8.89. The van der Waals surface area contributed by atoms with Crippen molar-refractivity contribution in [3.8, 4) is 17.0 Å². The van der Waals surface area contributed by atoms with Crippen molar-refractivity contribution in [3.05, 3.63) is 83.3 Å². The van der Waals surface area contributed by atoms with Crippen LogP contribution in [0.2, 0.25) is 5.02 Å². The second kappa shape index (κ2) is 8.20. The van der Waals surface area contributed by atoms with E-state index in [1.807, 2.05) is 48.5 Å². The molecule has 2 N–H and O–H groups in total. The second-order valence-corrected chi connectivity index (χ2v) is 6.85. The molecule has 0 aliphatic carbocycles. The van der Waals surface area contributed by atoms with E-state index in [1.54, 1.807) is 30.3 Å². The number of aromatic amines is 1. The van der Waals surface area contributed by atoms with Crippen LogP contribution >= 0.6 is 11.6 Å². The van der Waals surface area contributed by atoms with Crippen molar-refractivity contribution in [1.82, 2.24) is 20.0 Å². The molecule has 0 saturated heterocycles. The van der Waals surface area contributed by atoms with Crippen LogP contribution in [0.4, 0.5) is 5.69 Å². The van der Waals surface area contributed by atoms with Crippen molar-refractivity contribution in [2.45, 2.75) is 6.54 Å². The SMILES string of the molecule is COc1cccc(-c2cc(C(=O)Nc3cnn(Cc4cccc(Cl)c4)c3)[nH]n2)c1. The van der Waals surface area contributed by atoms with Crippen molar-refractivity contribution in [1.29, 1.82) is 0 Å². The van der Waals surface area contributed by atoms with E-state index in [2.05, 4.69) is 20.6 Å². The molecule has 146 valence electrons. The lowest BCUT2D eigenvalue weighted by Gasteiger charge is -2.02. The summed E-state index contributed by atoms with van der Waals surface area (Å²) in [6, 6.07) is 16.7. The Morgan fingerprint density at radius 3 is 2.90 bits per heavy atom. The lowest BCUT2D eigenvalue weighted by Crippen LogP contribution is -2.11. The largest absolute Gasteiger partial charge is 0.497 e. The summed E-state index contributed by atoms with van der Waals surface area (Å²) in [7, 11) is 1.61. The minimum atomic E-state index is -0.297. The summed E-state index contributed by atoms with van der Waals surface area (Å²) in [6.07, 6.45) is 3.36. The number of ether oxygens (including phenoxy) is 1. The van der Waals surface area contributed by atoms with E-state index in [1.165, 1.54) is 0 Å². The average Bonchev–Trinajstić information content (AvgIpc) is 3.38. The zero-order valence-electron chi connectivity index (χ0n) is 15.6. The molecule has 2 heterocycles. The molecular formula is C21H18ClN5O2. The van der Waals surface area contributed by atoms with Crippen LogP contribution in [0.15, 0.2) is 67.0 Å². The van der Waals surface area contributed by atoms with Gasteiger partial charge in [-0.3, -0.25) is 14.6 Å². The van der Waals surface area contributed by atoms with Crippen molar-refractivity contribution in [3.63, 3.8) is 0 Å². The normalized spacial score (nSPS) is 10.7.